The first-order valence-electron chi connectivity index (χ1n) is 5.45. The molecule has 1 fully saturated rings. The first kappa shape index (κ1) is 10.6. The molecule has 1 heterocycles. The molecule has 0 aliphatic heterocycles. The van der Waals surface area contributed by atoms with Crippen LogP contribution in [0.5, 0.6) is 0 Å². The van der Waals surface area contributed by atoms with E-state index in [0.29, 0.717) is 17.6 Å². The molecule has 0 saturated heterocycles. The number of hydrogen-bond donors (Lipinski definition) is 0. The lowest BCUT2D eigenvalue weighted by Crippen LogP contribution is -2.13. The largest absolute Gasteiger partial charge is 0.482 e. The van der Waals surface area contributed by atoms with Gasteiger partial charge >= 0.3 is 0 Å². The monoisotopic (exact) mass is 221 g/mol. The number of aromatic nitrogens is 1. The summed E-state index contributed by atoms with van der Waals surface area (Å²) >= 11 is 5.14. The number of ether oxygens (including phenoxy) is 1. The highest BCUT2D eigenvalue weighted by Crippen LogP contribution is 2.35. The van der Waals surface area contributed by atoms with E-state index in [0.717, 1.165) is 5.69 Å². The summed E-state index contributed by atoms with van der Waals surface area (Å²) in [7, 11) is 0. The summed E-state index contributed by atoms with van der Waals surface area (Å²) in [6.45, 7) is 2.54. The van der Waals surface area contributed by atoms with Gasteiger partial charge in [0.2, 0.25) is 5.05 Å². The van der Waals surface area contributed by atoms with Crippen LogP contribution in [-0.4, -0.2) is 16.6 Å². The van der Waals surface area contributed by atoms with Crippen molar-refractivity contribution in [2.45, 2.75) is 32.1 Å². The fourth-order valence-corrected chi connectivity index (χ4v) is 1.93. The molecule has 0 spiro atoms. The van der Waals surface area contributed by atoms with E-state index >= 15 is 0 Å². The third-order valence-corrected chi connectivity index (χ3v) is 3.11. The molecule has 0 bridgehead atoms. The van der Waals surface area contributed by atoms with Crippen LogP contribution in [0.3, 0.4) is 0 Å². The summed E-state index contributed by atoms with van der Waals surface area (Å²) < 4.78 is 5.28. The zero-order chi connectivity index (χ0) is 10.7. The van der Waals surface area contributed by atoms with E-state index in [9.17, 15) is 0 Å². The topological polar surface area (TPSA) is 22.1 Å². The Hall–Kier alpha value is -0.960. The quantitative estimate of drug-likeness (QED) is 0.732. The Bertz CT molecular complexity index is 360. The van der Waals surface area contributed by atoms with Crippen LogP contribution in [-0.2, 0) is 4.74 Å². The zero-order valence-corrected chi connectivity index (χ0v) is 9.72. The standard InChI is InChI=1S/C12H15NOS/c1-2-14-12(15)11-8-4-7-10(13-11)9-5-3-6-9/h4,7-9H,2-3,5-6H2,1H3. The molecule has 2 rings (SSSR count). The maximum atomic E-state index is 5.28. The lowest BCUT2D eigenvalue weighted by Gasteiger charge is -2.24. The molecular formula is C12H15NOS. The SMILES string of the molecule is CCOC(=S)c1cccc(C2CCC2)n1. The Kier molecular flexibility index (Phi) is 3.31. The molecule has 1 aliphatic carbocycles. The fraction of sp³-hybridized carbons (Fsp3) is 0.500. The van der Waals surface area contributed by atoms with Crippen molar-refractivity contribution in [3.05, 3.63) is 29.6 Å². The second-order valence-electron chi connectivity index (χ2n) is 3.80. The van der Waals surface area contributed by atoms with Crippen LogP contribution in [0.2, 0.25) is 0 Å². The molecule has 1 aliphatic rings. The van der Waals surface area contributed by atoms with E-state index in [1.54, 1.807) is 0 Å². The van der Waals surface area contributed by atoms with E-state index < -0.39 is 0 Å². The third kappa shape index (κ3) is 2.34. The summed E-state index contributed by atoms with van der Waals surface area (Å²) in [6, 6.07) is 6.02. The average Bonchev–Trinajstić information content (AvgIpc) is 2.16. The molecule has 1 aromatic rings. The molecule has 80 valence electrons. The molecule has 0 aromatic carbocycles. The Labute approximate surface area is 95.7 Å². The highest BCUT2D eigenvalue weighted by Gasteiger charge is 2.21. The Balaban J connectivity index is 2.14. The van der Waals surface area contributed by atoms with Gasteiger partial charge in [0.15, 0.2) is 0 Å². The minimum absolute atomic E-state index is 0.513. The van der Waals surface area contributed by atoms with Crippen molar-refractivity contribution in [2.24, 2.45) is 0 Å². The molecule has 1 saturated carbocycles. The van der Waals surface area contributed by atoms with Crippen molar-refractivity contribution in [3.63, 3.8) is 0 Å². The van der Waals surface area contributed by atoms with E-state index in [2.05, 4.69) is 11.1 Å². The predicted molar refractivity (Wildman–Crippen MR) is 64.2 cm³/mol. The predicted octanol–water partition coefficient (Wildman–Crippen LogP) is 3.06. The highest BCUT2D eigenvalue weighted by atomic mass is 32.1. The second kappa shape index (κ2) is 4.71. The Morgan fingerprint density at radius 3 is 2.93 bits per heavy atom. The Morgan fingerprint density at radius 1 is 1.53 bits per heavy atom. The van der Waals surface area contributed by atoms with E-state index in [1.165, 1.54) is 25.0 Å². The molecule has 0 amide bonds. The van der Waals surface area contributed by atoms with Crippen LogP contribution in [0.15, 0.2) is 18.2 Å². The maximum Gasteiger partial charge on any atom is 0.210 e. The molecule has 0 unspecified atom stereocenters. The van der Waals surface area contributed by atoms with Crippen molar-refractivity contribution in [3.8, 4) is 0 Å². The van der Waals surface area contributed by atoms with Crippen LogP contribution < -0.4 is 0 Å². The zero-order valence-electron chi connectivity index (χ0n) is 8.90. The van der Waals surface area contributed by atoms with Crippen LogP contribution >= 0.6 is 12.2 Å². The molecule has 0 atom stereocenters. The van der Waals surface area contributed by atoms with Gasteiger partial charge in [-0.1, -0.05) is 12.5 Å². The van der Waals surface area contributed by atoms with Crippen LogP contribution in [0.25, 0.3) is 0 Å². The van der Waals surface area contributed by atoms with Crippen molar-refractivity contribution in [1.29, 1.82) is 0 Å². The van der Waals surface area contributed by atoms with E-state index in [-0.39, 0.29) is 0 Å². The molecule has 0 radical (unpaired) electrons. The van der Waals surface area contributed by atoms with Gasteiger partial charge in [-0.2, -0.15) is 0 Å². The molecule has 1 aromatic heterocycles. The number of rotatable bonds is 3. The van der Waals surface area contributed by atoms with Gasteiger partial charge in [0, 0.05) is 11.6 Å². The van der Waals surface area contributed by atoms with Crippen molar-refractivity contribution < 1.29 is 4.74 Å². The molecule has 2 nitrogen and oxygen atoms in total. The smallest absolute Gasteiger partial charge is 0.210 e. The van der Waals surface area contributed by atoms with Gasteiger partial charge in [-0.05, 0) is 44.1 Å². The summed E-state index contributed by atoms with van der Waals surface area (Å²) in [5.74, 6) is 0.648. The lowest BCUT2D eigenvalue weighted by atomic mass is 9.82. The average molecular weight is 221 g/mol. The second-order valence-corrected chi connectivity index (χ2v) is 4.17. The van der Waals surface area contributed by atoms with Crippen molar-refractivity contribution in [2.75, 3.05) is 6.61 Å². The van der Waals surface area contributed by atoms with Crippen LogP contribution in [0, 0.1) is 0 Å². The van der Waals surface area contributed by atoms with Gasteiger partial charge in [0.25, 0.3) is 0 Å². The maximum absolute atomic E-state index is 5.28. The summed E-state index contributed by atoms with van der Waals surface area (Å²) in [5.41, 5.74) is 1.97. The first-order chi connectivity index (χ1) is 7.31. The molecule has 15 heavy (non-hydrogen) atoms. The van der Waals surface area contributed by atoms with Crippen molar-refractivity contribution >= 4 is 17.3 Å². The minimum atomic E-state index is 0.513. The van der Waals surface area contributed by atoms with Gasteiger partial charge < -0.3 is 4.74 Å². The van der Waals surface area contributed by atoms with Gasteiger partial charge in [-0.25, -0.2) is 4.98 Å². The summed E-state index contributed by atoms with van der Waals surface area (Å²) in [5, 5.41) is 0.513. The minimum Gasteiger partial charge on any atom is -0.482 e. The van der Waals surface area contributed by atoms with Gasteiger partial charge in [-0.15, -0.1) is 0 Å². The number of thiocarbonyl (C=S) groups is 1. The molecular weight excluding hydrogens is 206 g/mol. The number of hydrogen-bond acceptors (Lipinski definition) is 3. The van der Waals surface area contributed by atoms with Gasteiger partial charge in [-0.3, -0.25) is 0 Å². The normalized spacial score (nSPS) is 15.8. The van der Waals surface area contributed by atoms with Crippen LogP contribution in [0.1, 0.15) is 43.5 Å². The lowest BCUT2D eigenvalue weighted by molar-refractivity contribution is 0.336. The summed E-state index contributed by atoms with van der Waals surface area (Å²) in [6.07, 6.45) is 3.85. The fourth-order valence-electron chi connectivity index (χ4n) is 1.70. The molecule has 0 N–H and O–H groups in total. The van der Waals surface area contributed by atoms with Gasteiger partial charge in [0.1, 0.15) is 5.69 Å². The highest BCUT2D eigenvalue weighted by molar-refractivity contribution is 7.80. The summed E-state index contributed by atoms with van der Waals surface area (Å²) in [4.78, 5) is 4.55. The number of nitrogens with zero attached hydrogens (tertiary/aromatic N) is 1. The Morgan fingerprint density at radius 2 is 2.33 bits per heavy atom. The first-order valence-corrected chi connectivity index (χ1v) is 5.86. The molecule has 3 heteroatoms. The van der Waals surface area contributed by atoms with Gasteiger partial charge in [0.05, 0.1) is 6.61 Å². The third-order valence-electron chi connectivity index (χ3n) is 2.78. The van der Waals surface area contributed by atoms with Crippen molar-refractivity contribution in [1.82, 2.24) is 4.98 Å². The van der Waals surface area contributed by atoms with Crippen LogP contribution in [0.4, 0.5) is 0 Å². The van der Waals surface area contributed by atoms with E-state index in [1.807, 2.05) is 19.1 Å². The number of pyridine rings is 1. The van der Waals surface area contributed by atoms with E-state index in [4.69, 9.17) is 17.0 Å².